The number of furan rings is 1. The number of piperidine rings is 1. The molecule has 1 aliphatic heterocycles. The smallest absolute Gasteiger partial charge is 0.253 e. The number of amides is 2. The van der Waals surface area contributed by atoms with E-state index in [2.05, 4.69) is 10.3 Å². The lowest BCUT2D eigenvalue weighted by Crippen LogP contribution is -2.42. The van der Waals surface area contributed by atoms with Crippen molar-refractivity contribution in [2.24, 2.45) is 0 Å². The minimum absolute atomic E-state index is 0.0181. The average Bonchev–Trinajstić information content (AvgIpc) is 3.46. The van der Waals surface area contributed by atoms with Crippen molar-refractivity contribution in [1.82, 2.24) is 15.2 Å². The third kappa shape index (κ3) is 6.90. The molecular weight excluding hydrogens is 581 g/mol. The van der Waals surface area contributed by atoms with Crippen molar-refractivity contribution in [2.75, 3.05) is 18.8 Å². The molecule has 0 radical (unpaired) electrons. The summed E-state index contributed by atoms with van der Waals surface area (Å²) in [4.78, 5) is 31.0. The predicted octanol–water partition coefficient (Wildman–Crippen LogP) is 7.08. The van der Waals surface area contributed by atoms with Crippen LogP contribution in [0.5, 0.6) is 0 Å². The van der Waals surface area contributed by atoms with Crippen LogP contribution in [0.3, 0.4) is 0 Å². The molecule has 7 nitrogen and oxygen atoms in total. The highest BCUT2D eigenvalue weighted by molar-refractivity contribution is 5.98. The quantitative estimate of drug-likeness (QED) is 0.192. The van der Waals surface area contributed by atoms with Gasteiger partial charge in [0.1, 0.15) is 23.0 Å². The maximum absolute atomic E-state index is 13.8. The van der Waals surface area contributed by atoms with Crippen LogP contribution in [0.15, 0.2) is 95.4 Å². The van der Waals surface area contributed by atoms with Gasteiger partial charge in [0.05, 0.1) is 12.2 Å². The Morgan fingerprint density at radius 2 is 1.64 bits per heavy atom. The number of anilines is 1. The molecule has 2 amide bonds. The Morgan fingerprint density at radius 3 is 2.36 bits per heavy atom. The van der Waals surface area contributed by atoms with Gasteiger partial charge in [0.25, 0.3) is 11.8 Å². The SMILES string of the molecule is Nc1cccc(/C=C/C(=O)NCc2cc3cc(-c4ccc(C(=O)N5CCC(F)(F)CC5)cc4)cc(-c4ccc(F)cc4)c3o2)n1. The van der Waals surface area contributed by atoms with Crippen LogP contribution in [-0.2, 0) is 11.3 Å². The van der Waals surface area contributed by atoms with Crippen LogP contribution in [0.25, 0.3) is 39.3 Å². The molecule has 0 unspecified atom stereocenters. The summed E-state index contributed by atoms with van der Waals surface area (Å²) in [6, 6.07) is 23.9. The fourth-order valence-electron chi connectivity index (χ4n) is 5.28. The highest BCUT2D eigenvalue weighted by atomic mass is 19.3. The van der Waals surface area contributed by atoms with Crippen molar-refractivity contribution in [1.29, 1.82) is 0 Å². The van der Waals surface area contributed by atoms with Gasteiger partial charge in [-0.25, -0.2) is 18.2 Å². The van der Waals surface area contributed by atoms with Crippen molar-refractivity contribution in [3.8, 4) is 22.3 Å². The zero-order chi connectivity index (χ0) is 31.6. The highest BCUT2D eigenvalue weighted by Crippen LogP contribution is 2.36. The zero-order valence-corrected chi connectivity index (χ0v) is 24.1. The van der Waals surface area contributed by atoms with Crippen LogP contribution >= 0.6 is 0 Å². The van der Waals surface area contributed by atoms with E-state index in [4.69, 9.17) is 10.2 Å². The van der Waals surface area contributed by atoms with Crippen LogP contribution in [0.1, 0.15) is 34.7 Å². The number of nitrogens with zero attached hydrogens (tertiary/aromatic N) is 2. The van der Waals surface area contributed by atoms with Crippen molar-refractivity contribution >= 4 is 34.7 Å². The first-order chi connectivity index (χ1) is 21.6. The topological polar surface area (TPSA) is 101 Å². The van der Waals surface area contributed by atoms with Crippen LogP contribution < -0.4 is 11.1 Å². The number of fused-ring (bicyclic) bond motifs is 1. The molecule has 3 aromatic carbocycles. The number of nitrogen functional groups attached to an aromatic ring is 1. The van der Waals surface area contributed by atoms with Gasteiger partial charge in [0.2, 0.25) is 5.91 Å². The summed E-state index contributed by atoms with van der Waals surface area (Å²) < 4.78 is 47.1. The normalized spacial score (nSPS) is 14.6. The molecule has 3 heterocycles. The fourth-order valence-corrected chi connectivity index (χ4v) is 5.28. The number of pyridine rings is 1. The van der Waals surface area contributed by atoms with Gasteiger partial charge in [0, 0.05) is 48.5 Å². The first-order valence-electron chi connectivity index (χ1n) is 14.4. The largest absolute Gasteiger partial charge is 0.459 e. The fraction of sp³-hybridized carbons (Fsp3) is 0.171. The molecule has 0 bridgehead atoms. The Balaban J connectivity index is 1.25. The van der Waals surface area contributed by atoms with Crippen molar-refractivity contribution < 1.29 is 27.2 Å². The van der Waals surface area contributed by atoms with E-state index < -0.39 is 5.92 Å². The molecule has 10 heteroatoms. The Hall–Kier alpha value is -5.38. The summed E-state index contributed by atoms with van der Waals surface area (Å²) in [5, 5.41) is 3.57. The Kier molecular flexibility index (Phi) is 8.12. The van der Waals surface area contributed by atoms with Gasteiger partial charge in [-0.1, -0.05) is 30.3 Å². The third-order valence-electron chi connectivity index (χ3n) is 7.70. The molecule has 3 N–H and O–H groups in total. The Morgan fingerprint density at radius 1 is 0.933 bits per heavy atom. The predicted molar refractivity (Wildman–Crippen MR) is 167 cm³/mol. The number of nitrogens with two attached hydrogens (primary N) is 1. The standard InChI is InChI=1S/C35H29F3N4O3/c36-27-10-8-23(9-11-27)30-20-25(22-4-6-24(7-5-22)34(44)42-16-14-35(37,38)15-17-42)18-26-19-29(45-33(26)30)21-40-32(43)13-12-28-2-1-3-31(39)41-28/h1-13,18-20H,14-17,21H2,(H2,39,41)(H,40,43)/b13-12+. The van der Waals surface area contributed by atoms with Crippen LogP contribution in [-0.4, -0.2) is 40.7 Å². The second-order valence-electron chi connectivity index (χ2n) is 10.9. The lowest BCUT2D eigenvalue weighted by molar-refractivity contribution is -0.116. The van der Waals surface area contributed by atoms with E-state index in [1.165, 1.54) is 23.1 Å². The van der Waals surface area contributed by atoms with E-state index in [1.807, 2.05) is 30.3 Å². The van der Waals surface area contributed by atoms with Gasteiger partial charge in [0.15, 0.2) is 0 Å². The van der Waals surface area contributed by atoms with Crippen molar-refractivity contribution in [2.45, 2.75) is 25.3 Å². The van der Waals surface area contributed by atoms with Gasteiger partial charge in [-0.2, -0.15) is 0 Å². The van der Waals surface area contributed by atoms with E-state index in [0.29, 0.717) is 28.4 Å². The monoisotopic (exact) mass is 610 g/mol. The molecular formula is C35H29F3N4O3. The van der Waals surface area contributed by atoms with Gasteiger partial charge in [-0.05, 0) is 77.4 Å². The van der Waals surface area contributed by atoms with Crippen molar-refractivity contribution in [3.63, 3.8) is 0 Å². The number of likely N-dealkylation sites (tertiary alicyclic amines) is 1. The number of aromatic nitrogens is 1. The highest BCUT2D eigenvalue weighted by Gasteiger charge is 2.35. The number of halogens is 3. The molecule has 0 saturated carbocycles. The third-order valence-corrected chi connectivity index (χ3v) is 7.70. The minimum atomic E-state index is -2.73. The van der Waals surface area contributed by atoms with Crippen LogP contribution in [0.2, 0.25) is 0 Å². The molecule has 1 fully saturated rings. The summed E-state index contributed by atoms with van der Waals surface area (Å²) in [6.07, 6.45) is 2.25. The molecule has 45 heavy (non-hydrogen) atoms. The van der Waals surface area contributed by atoms with Crippen molar-refractivity contribution in [3.05, 3.63) is 114 Å². The Bertz CT molecular complexity index is 1890. The first kappa shape index (κ1) is 29.7. The number of alkyl halides is 2. The van der Waals surface area contributed by atoms with Gasteiger partial charge >= 0.3 is 0 Å². The number of benzene rings is 3. The maximum atomic E-state index is 13.8. The van der Waals surface area contributed by atoms with Crippen LogP contribution in [0, 0.1) is 5.82 Å². The average molecular weight is 611 g/mol. The molecule has 5 aromatic rings. The summed E-state index contributed by atoms with van der Waals surface area (Å²) in [7, 11) is 0. The molecule has 6 rings (SSSR count). The van der Waals surface area contributed by atoms with E-state index in [0.717, 1.165) is 27.6 Å². The van der Waals surface area contributed by atoms with Gasteiger partial charge < -0.3 is 20.4 Å². The zero-order valence-electron chi connectivity index (χ0n) is 24.1. The number of carbonyl (C=O) groups is 2. The molecule has 0 spiro atoms. The number of nitrogens with one attached hydrogen (secondary N) is 1. The molecule has 0 aliphatic carbocycles. The maximum Gasteiger partial charge on any atom is 0.253 e. The van der Waals surface area contributed by atoms with Gasteiger partial charge in [-0.15, -0.1) is 0 Å². The lowest BCUT2D eigenvalue weighted by atomic mass is 9.96. The van der Waals surface area contributed by atoms with Crippen LogP contribution in [0.4, 0.5) is 19.0 Å². The van der Waals surface area contributed by atoms with E-state index in [9.17, 15) is 22.8 Å². The Labute approximate surface area is 257 Å². The first-order valence-corrected chi connectivity index (χ1v) is 14.4. The molecule has 228 valence electrons. The van der Waals surface area contributed by atoms with E-state index in [-0.39, 0.29) is 50.1 Å². The molecule has 1 saturated heterocycles. The number of hydrogen-bond acceptors (Lipinski definition) is 5. The molecule has 0 atom stereocenters. The minimum Gasteiger partial charge on any atom is -0.459 e. The van der Waals surface area contributed by atoms with Gasteiger partial charge in [-0.3, -0.25) is 9.59 Å². The number of carbonyl (C=O) groups excluding carboxylic acids is 2. The van der Waals surface area contributed by atoms with E-state index in [1.54, 1.807) is 48.5 Å². The van der Waals surface area contributed by atoms with E-state index >= 15 is 0 Å². The number of rotatable bonds is 7. The lowest BCUT2D eigenvalue weighted by Gasteiger charge is -2.31. The molecule has 1 aliphatic rings. The summed E-state index contributed by atoms with van der Waals surface area (Å²) >= 11 is 0. The summed E-state index contributed by atoms with van der Waals surface area (Å²) in [5.74, 6) is -2.84. The number of hydrogen-bond donors (Lipinski definition) is 2. The second-order valence-corrected chi connectivity index (χ2v) is 10.9. The summed E-state index contributed by atoms with van der Waals surface area (Å²) in [5.41, 5.74) is 10.3. The summed E-state index contributed by atoms with van der Waals surface area (Å²) in [6.45, 7) is 0.161. The molecule has 2 aromatic heterocycles. The second kappa shape index (κ2) is 12.3.